The smallest absolute Gasteiger partial charge is 0.191 e. The van der Waals surface area contributed by atoms with Crippen molar-refractivity contribution in [2.24, 2.45) is 4.99 Å². The SMILES string of the molecule is CCCN1CCC(NC(=NC)NCC2(c3ccc(OC)cc3)CCOCC2)CC1.I. The van der Waals surface area contributed by atoms with E-state index in [1.54, 1.807) is 7.11 Å². The summed E-state index contributed by atoms with van der Waals surface area (Å²) in [6.45, 7) is 8.28. The van der Waals surface area contributed by atoms with Crippen LogP contribution in [0.25, 0.3) is 0 Å². The van der Waals surface area contributed by atoms with Crippen LogP contribution in [0.3, 0.4) is 0 Å². The Morgan fingerprint density at radius 1 is 1.20 bits per heavy atom. The first-order valence-electron chi connectivity index (χ1n) is 11.1. The van der Waals surface area contributed by atoms with Gasteiger partial charge >= 0.3 is 0 Å². The molecule has 1 aromatic carbocycles. The lowest BCUT2D eigenvalue weighted by molar-refractivity contribution is 0.0513. The highest BCUT2D eigenvalue weighted by atomic mass is 127. The number of nitrogens with zero attached hydrogens (tertiary/aromatic N) is 2. The average molecular weight is 530 g/mol. The molecule has 1 aromatic rings. The van der Waals surface area contributed by atoms with Crippen molar-refractivity contribution in [2.45, 2.75) is 50.5 Å². The van der Waals surface area contributed by atoms with Crippen LogP contribution in [0.2, 0.25) is 0 Å². The van der Waals surface area contributed by atoms with Crippen molar-refractivity contribution in [3.05, 3.63) is 29.8 Å². The van der Waals surface area contributed by atoms with Crippen molar-refractivity contribution in [1.82, 2.24) is 15.5 Å². The topological polar surface area (TPSA) is 58.1 Å². The lowest BCUT2D eigenvalue weighted by Gasteiger charge is -2.39. The predicted molar refractivity (Wildman–Crippen MR) is 134 cm³/mol. The van der Waals surface area contributed by atoms with Crippen molar-refractivity contribution in [1.29, 1.82) is 0 Å². The molecule has 7 heteroatoms. The number of piperidine rings is 1. The van der Waals surface area contributed by atoms with Crippen LogP contribution in [-0.2, 0) is 10.2 Å². The van der Waals surface area contributed by atoms with Gasteiger partial charge in [0.15, 0.2) is 5.96 Å². The Morgan fingerprint density at radius 3 is 2.43 bits per heavy atom. The first kappa shape index (κ1) is 25.2. The second-order valence-electron chi connectivity index (χ2n) is 8.31. The van der Waals surface area contributed by atoms with Crippen molar-refractivity contribution in [2.75, 3.05) is 53.6 Å². The Bertz CT molecular complexity index is 639. The second kappa shape index (κ2) is 12.7. The van der Waals surface area contributed by atoms with Gasteiger partial charge in [0.2, 0.25) is 0 Å². The van der Waals surface area contributed by atoms with E-state index in [0.29, 0.717) is 6.04 Å². The maximum atomic E-state index is 5.67. The van der Waals surface area contributed by atoms with E-state index in [1.165, 1.54) is 44.5 Å². The number of halogens is 1. The van der Waals surface area contributed by atoms with Gasteiger partial charge in [0.1, 0.15) is 5.75 Å². The van der Waals surface area contributed by atoms with Gasteiger partial charge in [-0.15, -0.1) is 24.0 Å². The fraction of sp³-hybridized carbons (Fsp3) is 0.696. The van der Waals surface area contributed by atoms with Crippen LogP contribution in [0.1, 0.15) is 44.6 Å². The zero-order valence-corrected chi connectivity index (χ0v) is 21.1. The number of aliphatic imine (C=N–C) groups is 1. The molecule has 6 nitrogen and oxygen atoms in total. The standard InChI is InChI=1S/C23H38N4O2.HI/c1-4-13-27-14-9-20(10-15-27)26-22(24-2)25-18-23(11-16-29-17-12-23)19-5-7-21(28-3)8-6-19;/h5-8,20H,4,9-18H2,1-3H3,(H2,24,25,26);1H. The summed E-state index contributed by atoms with van der Waals surface area (Å²) in [6.07, 6.45) is 5.62. The highest BCUT2D eigenvalue weighted by Gasteiger charge is 2.35. The third-order valence-corrected chi connectivity index (χ3v) is 6.44. The Balaban J connectivity index is 0.00000320. The Morgan fingerprint density at radius 2 is 1.87 bits per heavy atom. The number of methoxy groups -OCH3 is 1. The first-order valence-corrected chi connectivity index (χ1v) is 11.1. The summed E-state index contributed by atoms with van der Waals surface area (Å²) in [6, 6.07) is 9.02. The zero-order chi connectivity index (χ0) is 20.5. The predicted octanol–water partition coefficient (Wildman–Crippen LogP) is 3.40. The lowest BCUT2D eigenvalue weighted by atomic mass is 9.74. The molecule has 2 heterocycles. The third kappa shape index (κ3) is 6.72. The van der Waals surface area contributed by atoms with E-state index in [2.05, 4.69) is 51.7 Å². The first-order chi connectivity index (χ1) is 14.2. The number of ether oxygens (including phenoxy) is 2. The van der Waals surface area contributed by atoms with Gasteiger partial charge in [0, 0.05) is 51.4 Å². The molecule has 170 valence electrons. The van der Waals surface area contributed by atoms with E-state index in [1.807, 2.05) is 7.05 Å². The average Bonchev–Trinajstić information content (AvgIpc) is 2.78. The minimum absolute atomic E-state index is 0. The summed E-state index contributed by atoms with van der Waals surface area (Å²) in [5, 5.41) is 7.28. The van der Waals surface area contributed by atoms with Gasteiger partial charge in [-0.2, -0.15) is 0 Å². The van der Waals surface area contributed by atoms with Crippen LogP contribution in [0.15, 0.2) is 29.3 Å². The lowest BCUT2D eigenvalue weighted by Crippen LogP contribution is -2.52. The normalized spacial score (nSPS) is 20.3. The largest absolute Gasteiger partial charge is 0.497 e. The maximum absolute atomic E-state index is 5.67. The fourth-order valence-electron chi connectivity index (χ4n) is 4.53. The molecule has 0 aliphatic carbocycles. The van der Waals surface area contributed by atoms with Crippen LogP contribution < -0.4 is 15.4 Å². The van der Waals surface area contributed by atoms with Gasteiger partial charge in [-0.25, -0.2) is 0 Å². The van der Waals surface area contributed by atoms with E-state index in [0.717, 1.165) is 44.3 Å². The summed E-state index contributed by atoms with van der Waals surface area (Å²) < 4.78 is 11.0. The minimum atomic E-state index is 0. The molecule has 0 atom stereocenters. The van der Waals surface area contributed by atoms with Crippen LogP contribution in [0, 0.1) is 0 Å². The molecule has 0 bridgehead atoms. The van der Waals surface area contributed by atoms with Crippen molar-refractivity contribution in [3.8, 4) is 5.75 Å². The summed E-state index contributed by atoms with van der Waals surface area (Å²) in [7, 11) is 3.58. The molecule has 2 N–H and O–H groups in total. The number of rotatable bonds is 7. The van der Waals surface area contributed by atoms with E-state index < -0.39 is 0 Å². The van der Waals surface area contributed by atoms with E-state index in [-0.39, 0.29) is 29.4 Å². The summed E-state index contributed by atoms with van der Waals surface area (Å²) in [5.41, 5.74) is 1.41. The van der Waals surface area contributed by atoms with Crippen molar-refractivity contribution >= 4 is 29.9 Å². The molecular weight excluding hydrogens is 491 g/mol. The molecule has 0 saturated carbocycles. The Hall–Kier alpha value is -1.06. The van der Waals surface area contributed by atoms with Crippen LogP contribution in [-0.4, -0.2) is 70.5 Å². The van der Waals surface area contributed by atoms with E-state index >= 15 is 0 Å². The molecule has 3 rings (SSSR count). The highest BCUT2D eigenvalue weighted by Crippen LogP contribution is 2.35. The molecule has 0 aromatic heterocycles. The number of guanidine groups is 1. The van der Waals surface area contributed by atoms with Gasteiger partial charge in [-0.05, 0) is 56.3 Å². The molecule has 2 fully saturated rings. The fourth-order valence-corrected chi connectivity index (χ4v) is 4.53. The highest BCUT2D eigenvalue weighted by molar-refractivity contribution is 14.0. The number of benzene rings is 1. The summed E-state index contributed by atoms with van der Waals surface area (Å²) >= 11 is 0. The van der Waals surface area contributed by atoms with Crippen molar-refractivity contribution < 1.29 is 9.47 Å². The van der Waals surface area contributed by atoms with Crippen molar-refractivity contribution in [3.63, 3.8) is 0 Å². The second-order valence-corrected chi connectivity index (χ2v) is 8.31. The maximum Gasteiger partial charge on any atom is 0.191 e. The quantitative estimate of drug-likeness (QED) is 0.322. The third-order valence-electron chi connectivity index (χ3n) is 6.44. The summed E-state index contributed by atoms with van der Waals surface area (Å²) in [4.78, 5) is 7.07. The molecule has 2 aliphatic heterocycles. The van der Waals surface area contributed by atoms with Gasteiger partial charge in [0.05, 0.1) is 7.11 Å². The number of hydrogen-bond donors (Lipinski definition) is 2. The van der Waals surface area contributed by atoms with Gasteiger partial charge in [-0.1, -0.05) is 19.1 Å². The number of nitrogens with one attached hydrogen (secondary N) is 2. The van der Waals surface area contributed by atoms with Crippen LogP contribution in [0.4, 0.5) is 0 Å². The zero-order valence-electron chi connectivity index (χ0n) is 18.8. The molecule has 30 heavy (non-hydrogen) atoms. The molecule has 2 aliphatic rings. The molecule has 0 amide bonds. The number of likely N-dealkylation sites (tertiary alicyclic amines) is 1. The molecule has 2 saturated heterocycles. The van der Waals surface area contributed by atoms with Gasteiger partial charge < -0.3 is 25.0 Å². The number of hydrogen-bond acceptors (Lipinski definition) is 4. The Kier molecular flexibility index (Phi) is 10.7. The molecular formula is C23H39IN4O2. The molecule has 0 radical (unpaired) electrons. The Labute approximate surface area is 199 Å². The monoisotopic (exact) mass is 530 g/mol. The van der Waals surface area contributed by atoms with Gasteiger partial charge in [0.25, 0.3) is 0 Å². The van der Waals surface area contributed by atoms with E-state index in [9.17, 15) is 0 Å². The summed E-state index contributed by atoms with van der Waals surface area (Å²) in [5.74, 6) is 1.81. The molecule has 0 spiro atoms. The van der Waals surface area contributed by atoms with E-state index in [4.69, 9.17) is 9.47 Å². The van der Waals surface area contributed by atoms with Gasteiger partial charge in [-0.3, -0.25) is 4.99 Å². The minimum Gasteiger partial charge on any atom is -0.497 e. The van der Waals surface area contributed by atoms with Crippen LogP contribution >= 0.6 is 24.0 Å². The van der Waals surface area contributed by atoms with Crippen LogP contribution in [0.5, 0.6) is 5.75 Å². The molecule has 0 unspecified atom stereocenters.